The van der Waals surface area contributed by atoms with Crippen LogP contribution in [0.1, 0.15) is 38.8 Å². The van der Waals surface area contributed by atoms with Gasteiger partial charge in [-0.15, -0.1) is 0 Å². The van der Waals surface area contributed by atoms with E-state index in [0.717, 1.165) is 12.0 Å². The second-order valence-corrected chi connectivity index (χ2v) is 7.76. The summed E-state index contributed by atoms with van der Waals surface area (Å²) in [6, 6.07) is 9.70. The van der Waals surface area contributed by atoms with Gasteiger partial charge in [0.1, 0.15) is 0 Å². The summed E-state index contributed by atoms with van der Waals surface area (Å²) in [5.74, 6) is -0.996. The maximum Gasteiger partial charge on any atom is 0.356 e. The van der Waals surface area contributed by atoms with Crippen molar-refractivity contribution in [2.75, 3.05) is 14.2 Å². The molecule has 3 heterocycles. The van der Waals surface area contributed by atoms with Gasteiger partial charge in [-0.2, -0.15) is 0 Å². The van der Waals surface area contributed by atoms with Gasteiger partial charge in [0.05, 0.1) is 31.9 Å². The van der Waals surface area contributed by atoms with Crippen LogP contribution in [0.25, 0.3) is 0 Å². The van der Waals surface area contributed by atoms with Crippen molar-refractivity contribution in [3.8, 4) is 0 Å². The van der Waals surface area contributed by atoms with E-state index < -0.39 is 11.9 Å². The second kappa shape index (κ2) is 5.87. The van der Waals surface area contributed by atoms with Crippen molar-refractivity contribution in [2.24, 2.45) is 5.41 Å². The fourth-order valence-corrected chi connectivity index (χ4v) is 4.68. The maximum atomic E-state index is 12.8. The molecule has 6 nitrogen and oxygen atoms in total. The van der Waals surface area contributed by atoms with E-state index >= 15 is 0 Å². The zero-order valence-electron chi connectivity index (χ0n) is 16.3. The van der Waals surface area contributed by atoms with Crippen molar-refractivity contribution in [1.82, 2.24) is 10.0 Å². The van der Waals surface area contributed by atoms with Crippen LogP contribution >= 0.6 is 0 Å². The van der Waals surface area contributed by atoms with Gasteiger partial charge in [-0.05, 0) is 18.1 Å². The molecule has 0 amide bonds. The summed E-state index contributed by atoms with van der Waals surface area (Å²) < 4.78 is 10.1. The van der Waals surface area contributed by atoms with E-state index in [0.29, 0.717) is 11.3 Å². The van der Waals surface area contributed by atoms with Crippen LogP contribution < -0.4 is 0 Å². The lowest BCUT2D eigenvalue weighted by Crippen LogP contribution is -2.42. The molecule has 0 radical (unpaired) electrons. The lowest BCUT2D eigenvalue weighted by molar-refractivity contribution is -0.141. The van der Waals surface area contributed by atoms with E-state index in [1.54, 1.807) is 0 Å². The van der Waals surface area contributed by atoms with Crippen LogP contribution in [-0.2, 0) is 19.1 Å². The third-order valence-corrected chi connectivity index (χ3v) is 6.24. The van der Waals surface area contributed by atoms with Gasteiger partial charge in [0.15, 0.2) is 5.70 Å². The summed E-state index contributed by atoms with van der Waals surface area (Å²) in [6.07, 6.45) is 0.782. The molecule has 0 aromatic heterocycles. The first-order valence-corrected chi connectivity index (χ1v) is 9.09. The average Bonchev–Trinajstić information content (AvgIpc) is 3.27. The van der Waals surface area contributed by atoms with Crippen molar-refractivity contribution >= 4 is 11.9 Å². The Morgan fingerprint density at radius 3 is 2.26 bits per heavy atom. The first kappa shape index (κ1) is 17.6. The third-order valence-electron chi connectivity index (χ3n) is 6.24. The van der Waals surface area contributed by atoms with Gasteiger partial charge >= 0.3 is 11.9 Å². The van der Waals surface area contributed by atoms with Crippen molar-refractivity contribution in [2.45, 2.75) is 39.3 Å². The Morgan fingerprint density at radius 2 is 1.67 bits per heavy atom. The maximum absolute atomic E-state index is 12.8. The molecular weight excluding hydrogens is 344 g/mol. The molecule has 4 rings (SSSR count). The molecule has 2 atom stereocenters. The summed E-state index contributed by atoms with van der Waals surface area (Å²) in [5.41, 5.74) is 3.87. The molecule has 0 bridgehead atoms. The van der Waals surface area contributed by atoms with Crippen molar-refractivity contribution in [1.29, 1.82) is 0 Å². The number of hydrogen-bond donors (Lipinski definition) is 0. The summed E-state index contributed by atoms with van der Waals surface area (Å²) in [7, 11) is 2.69. The molecule has 1 aromatic rings. The molecule has 0 saturated carbocycles. The minimum absolute atomic E-state index is 0.0639. The molecule has 1 fully saturated rings. The number of carbonyl (C=O) groups is 2. The van der Waals surface area contributed by atoms with Gasteiger partial charge in [0.25, 0.3) is 0 Å². The second-order valence-electron chi connectivity index (χ2n) is 7.76. The summed E-state index contributed by atoms with van der Waals surface area (Å²) in [6.45, 7) is 6.33. The van der Waals surface area contributed by atoms with E-state index in [9.17, 15) is 9.59 Å². The lowest BCUT2D eigenvalue weighted by atomic mass is 9.77. The molecule has 27 heavy (non-hydrogen) atoms. The Morgan fingerprint density at radius 1 is 1.04 bits per heavy atom. The Hall–Kier alpha value is -2.76. The molecule has 0 spiro atoms. The SMILES string of the molecule is COC(=O)C1=C(C(=O)OC)N2C(c3ccccc3)CC3=C(C)C(C)(C)C1N32. The highest BCUT2D eigenvalue weighted by atomic mass is 16.5. The third kappa shape index (κ3) is 2.19. The molecule has 2 unspecified atom stereocenters. The van der Waals surface area contributed by atoms with Crippen LogP contribution in [0.15, 0.2) is 52.9 Å². The number of hydrogen-bond acceptors (Lipinski definition) is 6. The highest BCUT2D eigenvalue weighted by Gasteiger charge is 2.62. The zero-order chi connectivity index (χ0) is 19.5. The topological polar surface area (TPSA) is 59.1 Å². The zero-order valence-corrected chi connectivity index (χ0v) is 16.3. The number of ether oxygens (including phenoxy) is 2. The van der Waals surface area contributed by atoms with Crippen LogP contribution in [-0.4, -0.2) is 42.2 Å². The molecule has 0 N–H and O–H groups in total. The lowest BCUT2D eigenvalue weighted by Gasteiger charge is -2.35. The molecule has 1 aromatic carbocycles. The number of esters is 2. The average molecular weight is 368 g/mol. The van der Waals surface area contributed by atoms with Crippen LogP contribution in [0.3, 0.4) is 0 Å². The van der Waals surface area contributed by atoms with E-state index in [1.807, 2.05) is 35.3 Å². The fraction of sp³-hybridized carbons (Fsp3) is 0.429. The first-order valence-electron chi connectivity index (χ1n) is 9.09. The quantitative estimate of drug-likeness (QED) is 0.765. The minimum atomic E-state index is -0.513. The molecule has 3 aliphatic heterocycles. The van der Waals surface area contributed by atoms with Gasteiger partial charge in [-0.3, -0.25) is 10.0 Å². The Labute approximate surface area is 159 Å². The van der Waals surface area contributed by atoms with E-state index in [1.165, 1.54) is 25.5 Å². The van der Waals surface area contributed by atoms with Crippen LogP contribution in [0.5, 0.6) is 0 Å². The number of carbonyl (C=O) groups excluding carboxylic acids is 2. The molecule has 6 heteroatoms. The van der Waals surface area contributed by atoms with Gasteiger partial charge < -0.3 is 9.47 Å². The number of rotatable bonds is 3. The summed E-state index contributed by atoms with van der Waals surface area (Å²) in [5, 5.41) is 4.07. The normalized spacial score (nSPS) is 25.2. The monoisotopic (exact) mass is 368 g/mol. The van der Waals surface area contributed by atoms with Gasteiger partial charge in [-0.1, -0.05) is 44.2 Å². The van der Waals surface area contributed by atoms with Gasteiger partial charge in [0.2, 0.25) is 0 Å². The summed E-state index contributed by atoms with van der Waals surface area (Å²) >= 11 is 0. The molecule has 1 saturated heterocycles. The van der Waals surface area contributed by atoms with E-state index in [-0.39, 0.29) is 17.5 Å². The van der Waals surface area contributed by atoms with Crippen molar-refractivity contribution in [3.05, 3.63) is 58.4 Å². The Kier molecular flexibility index (Phi) is 3.84. The van der Waals surface area contributed by atoms with Gasteiger partial charge in [0, 0.05) is 17.5 Å². The molecular formula is C21H24N2O4. The predicted molar refractivity (Wildman–Crippen MR) is 98.8 cm³/mol. The number of nitrogens with zero attached hydrogens (tertiary/aromatic N) is 2. The van der Waals surface area contributed by atoms with E-state index in [4.69, 9.17) is 9.47 Å². The van der Waals surface area contributed by atoms with Crippen LogP contribution in [0.4, 0.5) is 0 Å². The number of benzene rings is 1. The Balaban J connectivity index is 1.96. The fourth-order valence-electron chi connectivity index (χ4n) is 4.68. The predicted octanol–water partition coefficient (Wildman–Crippen LogP) is 2.95. The van der Waals surface area contributed by atoms with E-state index in [2.05, 4.69) is 25.8 Å². The summed E-state index contributed by atoms with van der Waals surface area (Å²) in [4.78, 5) is 25.5. The minimum Gasteiger partial charge on any atom is -0.466 e. The largest absolute Gasteiger partial charge is 0.466 e. The number of methoxy groups -OCH3 is 2. The van der Waals surface area contributed by atoms with Crippen molar-refractivity contribution in [3.63, 3.8) is 0 Å². The smallest absolute Gasteiger partial charge is 0.356 e. The van der Waals surface area contributed by atoms with Crippen molar-refractivity contribution < 1.29 is 19.1 Å². The van der Waals surface area contributed by atoms with Crippen LogP contribution in [0.2, 0.25) is 0 Å². The Bertz CT molecular complexity index is 885. The number of hydrazine groups is 1. The van der Waals surface area contributed by atoms with Crippen LogP contribution in [0, 0.1) is 5.41 Å². The molecule has 0 aliphatic carbocycles. The highest BCUT2D eigenvalue weighted by Crippen LogP contribution is 2.60. The van der Waals surface area contributed by atoms with Gasteiger partial charge in [-0.25, -0.2) is 9.59 Å². The molecule has 142 valence electrons. The molecule has 3 aliphatic rings. The highest BCUT2D eigenvalue weighted by molar-refractivity contribution is 6.02. The first-order chi connectivity index (χ1) is 12.8. The standard InChI is InChI=1S/C21H24N2O4/c1-12-14-11-15(13-9-7-6-8-10-13)22-17(20(25)27-5)16(19(24)26-4)18(23(14)22)21(12,2)3/h6-10,15,18H,11H2,1-5H3.